The van der Waals surface area contributed by atoms with E-state index < -0.39 is 6.10 Å². The van der Waals surface area contributed by atoms with Gasteiger partial charge in [0.1, 0.15) is 5.75 Å². The van der Waals surface area contributed by atoms with Gasteiger partial charge in [0.05, 0.1) is 6.10 Å². The lowest BCUT2D eigenvalue weighted by Crippen LogP contribution is -2.39. The van der Waals surface area contributed by atoms with Gasteiger partial charge in [-0.2, -0.15) is 0 Å². The van der Waals surface area contributed by atoms with E-state index in [-0.39, 0.29) is 16.2 Å². The fourth-order valence-electron chi connectivity index (χ4n) is 3.69. The van der Waals surface area contributed by atoms with Crippen molar-refractivity contribution in [3.05, 3.63) is 52.6 Å². The maximum absolute atomic E-state index is 11.1. The van der Waals surface area contributed by atoms with E-state index in [0.717, 1.165) is 28.7 Å². The average Bonchev–Trinajstić information content (AvgIpc) is 2.43. The monoisotopic (exact) mass is 342 g/mol. The second kappa shape index (κ2) is 6.32. The van der Waals surface area contributed by atoms with E-state index in [1.807, 2.05) is 13.0 Å². The minimum atomic E-state index is -0.510. The molecule has 1 aromatic rings. The molecule has 2 nitrogen and oxygen atoms in total. The van der Waals surface area contributed by atoms with Gasteiger partial charge in [0, 0.05) is 5.41 Å². The Bertz CT molecular complexity index is 711. The van der Waals surface area contributed by atoms with Crippen LogP contribution in [0.25, 0.3) is 0 Å². The molecule has 0 fully saturated rings. The molecule has 25 heavy (non-hydrogen) atoms. The van der Waals surface area contributed by atoms with Crippen LogP contribution in [0.15, 0.2) is 35.9 Å². The van der Waals surface area contributed by atoms with E-state index in [2.05, 4.69) is 72.8 Å². The van der Waals surface area contributed by atoms with E-state index in [1.54, 1.807) is 0 Å². The zero-order chi connectivity index (χ0) is 19.2. The topological polar surface area (TPSA) is 40.5 Å². The molecule has 1 aromatic carbocycles. The molecule has 0 spiro atoms. The standard InChI is InChI=1S/C23H34O2/c1-15-12-16(13-18(19(15)24)22(5,6)7)14-23(8)11-9-10-17(20(23)25)21(2,3)4/h9-13,20,24-25H,14H2,1-8H3. The molecule has 1 aliphatic rings. The molecule has 2 atom stereocenters. The van der Waals surface area contributed by atoms with E-state index in [1.165, 1.54) is 0 Å². The van der Waals surface area contributed by atoms with Gasteiger partial charge in [-0.25, -0.2) is 0 Å². The van der Waals surface area contributed by atoms with Gasteiger partial charge in [0.2, 0.25) is 0 Å². The van der Waals surface area contributed by atoms with Crippen molar-refractivity contribution in [1.82, 2.24) is 0 Å². The smallest absolute Gasteiger partial charge is 0.122 e. The number of allylic oxidation sites excluding steroid dienone is 2. The Kier molecular flexibility index (Phi) is 5.00. The highest BCUT2D eigenvalue weighted by atomic mass is 16.3. The summed E-state index contributed by atoms with van der Waals surface area (Å²) in [6.07, 6.45) is 6.47. The van der Waals surface area contributed by atoms with Crippen LogP contribution in [0.4, 0.5) is 0 Å². The summed E-state index contributed by atoms with van der Waals surface area (Å²) >= 11 is 0. The van der Waals surface area contributed by atoms with Gasteiger partial charge >= 0.3 is 0 Å². The van der Waals surface area contributed by atoms with Crippen molar-refractivity contribution in [2.45, 2.75) is 73.3 Å². The summed E-state index contributed by atoms with van der Waals surface area (Å²) in [4.78, 5) is 0. The minimum absolute atomic E-state index is 0.0626. The van der Waals surface area contributed by atoms with Gasteiger partial charge in [0.25, 0.3) is 0 Å². The Morgan fingerprint density at radius 1 is 1.04 bits per heavy atom. The molecule has 0 amide bonds. The van der Waals surface area contributed by atoms with Crippen molar-refractivity contribution >= 4 is 0 Å². The van der Waals surface area contributed by atoms with Crippen LogP contribution in [-0.4, -0.2) is 16.3 Å². The lowest BCUT2D eigenvalue weighted by Gasteiger charge is -2.40. The van der Waals surface area contributed by atoms with Gasteiger partial charge in [0.15, 0.2) is 0 Å². The molecule has 0 saturated carbocycles. The first-order valence-electron chi connectivity index (χ1n) is 9.16. The predicted molar refractivity (Wildman–Crippen MR) is 106 cm³/mol. The molecule has 0 aliphatic heterocycles. The average molecular weight is 343 g/mol. The highest BCUT2D eigenvalue weighted by Crippen LogP contribution is 2.43. The Morgan fingerprint density at radius 3 is 2.16 bits per heavy atom. The molecule has 0 aromatic heterocycles. The number of aliphatic hydroxyl groups is 1. The van der Waals surface area contributed by atoms with Crippen molar-refractivity contribution < 1.29 is 10.2 Å². The van der Waals surface area contributed by atoms with Crippen LogP contribution in [0, 0.1) is 17.8 Å². The second-order valence-corrected chi connectivity index (χ2v) is 9.88. The maximum atomic E-state index is 11.1. The van der Waals surface area contributed by atoms with Crippen molar-refractivity contribution in [3.8, 4) is 5.75 Å². The third kappa shape index (κ3) is 4.00. The number of benzene rings is 1. The largest absolute Gasteiger partial charge is 0.507 e. The molecule has 2 rings (SSSR count). The van der Waals surface area contributed by atoms with Crippen molar-refractivity contribution in [2.75, 3.05) is 0 Å². The first-order valence-corrected chi connectivity index (χ1v) is 9.16. The van der Waals surface area contributed by atoms with Crippen LogP contribution in [0.2, 0.25) is 0 Å². The summed E-state index contributed by atoms with van der Waals surface area (Å²) in [5.41, 5.74) is 3.55. The molecule has 0 saturated heterocycles. The first kappa shape index (κ1) is 19.8. The number of aryl methyl sites for hydroxylation is 1. The van der Waals surface area contributed by atoms with Gasteiger partial charge in [-0.1, -0.05) is 78.8 Å². The molecule has 2 heteroatoms. The first-order chi connectivity index (χ1) is 11.3. The van der Waals surface area contributed by atoms with Crippen LogP contribution in [0.5, 0.6) is 5.75 Å². The zero-order valence-electron chi connectivity index (χ0n) is 17.1. The fraction of sp³-hybridized carbons (Fsp3) is 0.565. The van der Waals surface area contributed by atoms with Crippen molar-refractivity contribution in [1.29, 1.82) is 0 Å². The van der Waals surface area contributed by atoms with Gasteiger partial charge in [-0.05, 0) is 46.4 Å². The van der Waals surface area contributed by atoms with Crippen LogP contribution in [0.3, 0.4) is 0 Å². The molecule has 2 N–H and O–H groups in total. The highest BCUT2D eigenvalue weighted by Gasteiger charge is 2.39. The SMILES string of the molecule is Cc1cc(CC2(C)C=CC=C(C(C)(C)C)C2O)cc(C(C)(C)C)c1O. The summed E-state index contributed by atoms with van der Waals surface area (Å²) in [6.45, 7) is 16.8. The molecular formula is C23H34O2. The summed E-state index contributed by atoms with van der Waals surface area (Å²) in [7, 11) is 0. The molecule has 0 radical (unpaired) electrons. The second-order valence-electron chi connectivity index (χ2n) is 9.88. The summed E-state index contributed by atoms with van der Waals surface area (Å²) in [5, 5.41) is 21.5. The fourth-order valence-corrected chi connectivity index (χ4v) is 3.69. The number of aliphatic hydroxyl groups excluding tert-OH is 1. The van der Waals surface area contributed by atoms with Crippen LogP contribution >= 0.6 is 0 Å². The lowest BCUT2D eigenvalue weighted by molar-refractivity contribution is 0.0827. The molecule has 138 valence electrons. The normalized spacial score (nSPS) is 24.4. The number of hydrogen-bond donors (Lipinski definition) is 2. The zero-order valence-corrected chi connectivity index (χ0v) is 17.1. The number of rotatable bonds is 2. The molecule has 1 aliphatic carbocycles. The van der Waals surface area contributed by atoms with Gasteiger partial charge in [-0.3, -0.25) is 0 Å². The highest BCUT2D eigenvalue weighted by molar-refractivity contribution is 5.47. The predicted octanol–water partition coefficient (Wildman–Crippen LogP) is 5.45. The lowest BCUT2D eigenvalue weighted by atomic mass is 9.67. The quantitative estimate of drug-likeness (QED) is 0.750. The minimum Gasteiger partial charge on any atom is -0.507 e. The maximum Gasteiger partial charge on any atom is 0.122 e. The van der Waals surface area contributed by atoms with E-state index >= 15 is 0 Å². The number of phenols is 1. The third-order valence-electron chi connectivity index (χ3n) is 5.29. The van der Waals surface area contributed by atoms with E-state index in [0.29, 0.717) is 5.75 Å². The van der Waals surface area contributed by atoms with Gasteiger partial charge in [-0.15, -0.1) is 0 Å². The summed E-state index contributed by atoms with van der Waals surface area (Å²) in [5.74, 6) is 0.386. The van der Waals surface area contributed by atoms with Crippen LogP contribution in [-0.2, 0) is 11.8 Å². The Labute approximate surface area is 153 Å². The molecular weight excluding hydrogens is 308 g/mol. The Morgan fingerprint density at radius 2 is 1.64 bits per heavy atom. The van der Waals surface area contributed by atoms with Crippen molar-refractivity contribution in [3.63, 3.8) is 0 Å². The van der Waals surface area contributed by atoms with Gasteiger partial charge < -0.3 is 10.2 Å². The molecule has 2 unspecified atom stereocenters. The molecule has 0 heterocycles. The summed E-state index contributed by atoms with van der Waals surface area (Å²) < 4.78 is 0. The van der Waals surface area contributed by atoms with Crippen LogP contribution < -0.4 is 0 Å². The number of hydrogen-bond acceptors (Lipinski definition) is 2. The van der Waals surface area contributed by atoms with Crippen LogP contribution in [0.1, 0.15) is 65.2 Å². The Hall–Kier alpha value is -1.54. The summed E-state index contributed by atoms with van der Waals surface area (Å²) in [6, 6.07) is 4.15. The Balaban J connectivity index is 2.42. The number of phenolic OH excluding ortho intramolecular Hbond substituents is 1. The van der Waals surface area contributed by atoms with E-state index in [4.69, 9.17) is 0 Å². The van der Waals surface area contributed by atoms with Crippen molar-refractivity contribution in [2.24, 2.45) is 10.8 Å². The number of aromatic hydroxyl groups is 1. The van der Waals surface area contributed by atoms with E-state index in [9.17, 15) is 10.2 Å². The molecule has 0 bridgehead atoms. The third-order valence-corrected chi connectivity index (χ3v) is 5.29.